The van der Waals surface area contributed by atoms with E-state index in [-0.39, 0.29) is 18.1 Å². The molecule has 2 atom stereocenters. The molecule has 0 amide bonds. The Labute approximate surface area is 93.0 Å². The lowest BCUT2D eigenvalue weighted by Crippen LogP contribution is -2.30. The molecule has 8 heteroatoms. The van der Waals surface area contributed by atoms with Gasteiger partial charge in [-0.3, -0.25) is 0 Å². The molecule has 0 bridgehead atoms. The second-order valence-corrected chi connectivity index (χ2v) is 5.72. The van der Waals surface area contributed by atoms with E-state index in [1.807, 2.05) is 0 Å². The number of imidazole rings is 1. The van der Waals surface area contributed by atoms with Crippen LogP contribution >= 0.6 is 0 Å². The van der Waals surface area contributed by atoms with Crippen LogP contribution in [0.25, 0.3) is 0 Å². The van der Waals surface area contributed by atoms with Crippen LogP contribution in [0.15, 0.2) is 17.6 Å². The third-order valence-corrected chi connectivity index (χ3v) is 4.23. The second-order valence-electron chi connectivity index (χ2n) is 3.83. The zero-order valence-corrected chi connectivity index (χ0v) is 9.50. The maximum Gasteiger partial charge on any atom is 0.262 e. The first kappa shape index (κ1) is 11.5. The van der Waals surface area contributed by atoms with Crippen LogP contribution in [0.3, 0.4) is 0 Å². The van der Waals surface area contributed by atoms with Gasteiger partial charge >= 0.3 is 0 Å². The number of aliphatic hydroxyl groups is 2. The summed E-state index contributed by atoms with van der Waals surface area (Å²) >= 11 is 0. The summed E-state index contributed by atoms with van der Waals surface area (Å²) in [6, 6.07) is 0. The number of sulfonamides is 1. The van der Waals surface area contributed by atoms with Crippen LogP contribution in [0.2, 0.25) is 0 Å². The maximum absolute atomic E-state index is 12.0. The molecule has 1 saturated heterocycles. The highest BCUT2D eigenvalue weighted by Gasteiger charge is 2.38. The highest BCUT2D eigenvalue weighted by atomic mass is 32.2. The zero-order valence-electron chi connectivity index (χ0n) is 8.68. The molecule has 0 aromatic carbocycles. The molecule has 0 saturated carbocycles. The summed E-state index contributed by atoms with van der Waals surface area (Å²) in [6.07, 6.45) is 0.708. The van der Waals surface area contributed by atoms with Crippen molar-refractivity contribution >= 4 is 10.0 Å². The van der Waals surface area contributed by atoms with Crippen LogP contribution in [0.1, 0.15) is 0 Å². The van der Waals surface area contributed by atoms with E-state index in [1.54, 1.807) is 7.05 Å². The topological polar surface area (TPSA) is 95.7 Å². The van der Waals surface area contributed by atoms with E-state index < -0.39 is 22.2 Å². The molecule has 2 unspecified atom stereocenters. The molecule has 0 aliphatic carbocycles. The van der Waals surface area contributed by atoms with Gasteiger partial charge in [-0.15, -0.1) is 0 Å². The fourth-order valence-electron chi connectivity index (χ4n) is 1.59. The van der Waals surface area contributed by atoms with Gasteiger partial charge in [-0.05, 0) is 0 Å². The Hall–Kier alpha value is -0.960. The van der Waals surface area contributed by atoms with E-state index in [9.17, 15) is 18.6 Å². The predicted octanol–water partition coefficient (Wildman–Crippen LogP) is -1.85. The van der Waals surface area contributed by atoms with Gasteiger partial charge in [-0.2, -0.15) is 4.31 Å². The van der Waals surface area contributed by atoms with E-state index in [0.29, 0.717) is 0 Å². The molecule has 1 aromatic heterocycles. The number of aliphatic hydroxyl groups excluding tert-OH is 2. The zero-order chi connectivity index (χ0) is 11.9. The molecular weight excluding hydrogens is 234 g/mol. The van der Waals surface area contributed by atoms with Gasteiger partial charge in [-0.1, -0.05) is 0 Å². The van der Waals surface area contributed by atoms with E-state index in [2.05, 4.69) is 4.98 Å². The molecule has 2 N–H and O–H groups in total. The molecule has 0 spiro atoms. The minimum atomic E-state index is -3.70. The third-order valence-electron chi connectivity index (χ3n) is 2.51. The molecule has 16 heavy (non-hydrogen) atoms. The first-order chi connectivity index (χ1) is 7.41. The highest BCUT2D eigenvalue weighted by molar-refractivity contribution is 7.89. The van der Waals surface area contributed by atoms with Crippen molar-refractivity contribution in [2.45, 2.75) is 17.2 Å². The standard InChI is InChI=1S/C8H13N3O4S/c1-10-4-8(9-5-10)16(14,15)11-2-6(12)7(13)3-11/h4-7,12-13H,2-3H2,1H3. The fraction of sp³-hybridized carbons (Fsp3) is 0.625. The minimum Gasteiger partial charge on any atom is -0.389 e. The van der Waals surface area contributed by atoms with Crippen molar-refractivity contribution in [3.8, 4) is 0 Å². The summed E-state index contributed by atoms with van der Waals surface area (Å²) in [4.78, 5) is 3.75. The number of rotatable bonds is 2. The van der Waals surface area contributed by atoms with Gasteiger partial charge in [-0.25, -0.2) is 13.4 Å². The van der Waals surface area contributed by atoms with E-state index in [1.165, 1.54) is 17.1 Å². The predicted molar refractivity (Wildman–Crippen MR) is 54.0 cm³/mol. The van der Waals surface area contributed by atoms with Crippen LogP contribution in [0, 0.1) is 0 Å². The molecule has 0 radical (unpaired) electrons. The SMILES string of the molecule is Cn1cnc(S(=O)(=O)N2CC(O)C(O)C2)c1. The average Bonchev–Trinajstić information content (AvgIpc) is 2.75. The van der Waals surface area contributed by atoms with Crippen molar-refractivity contribution in [3.63, 3.8) is 0 Å². The third kappa shape index (κ3) is 1.84. The van der Waals surface area contributed by atoms with E-state index >= 15 is 0 Å². The van der Waals surface area contributed by atoms with Crippen molar-refractivity contribution in [1.82, 2.24) is 13.9 Å². The van der Waals surface area contributed by atoms with E-state index in [0.717, 1.165) is 4.31 Å². The minimum absolute atomic E-state index is 0.0729. The highest BCUT2D eigenvalue weighted by Crippen LogP contribution is 2.19. The van der Waals surface area contributed by atoms with Crippen molar-refractivity contribution in [1.29, 1.82) is 0 Å². The largest absolute Gasteiger partial charge is 0.389 e. The lowest BCUT2D eigenvalue weighted by Gasteiger charge is -2.12. The Morgan fingerprint density at radius 1 is 1.38 bits per heavy atom. The van der Waals surface area contributed by atoms with Crippen molar-refractivity contribution in [2.24, 2.45) is 7.05 Å². The monoisotopic (exact) mass is 247 g/mol. The van der Waals surface area contributed by atoms with Gasteiger partial charge in [0.2, 0.25) is 0 Å². The van der Waals surface area contributed by atoms with Gasteiger partial charge in [0.1, 0.15) is 0 Å². The van der Waals surface area contributed by atoms with Crippen LogP contribution < -0.4 is 0 Å². The molecule has 2 rings (SSSR count). The van der Waals surface area contributed by atoms with Crippen molar-refractivity contribution in [3.05, 3.63) is 12.5 Å². The Kier molecular flexibility index (Phi) is 2.74. The van der Waals surface area contributed by atoms with Crippen LogP contribution in [0.5, 0.6) is 0 Å². The molecule has 1 aliphatic heterocycles. The Bertz CT molecular complexity index is 473. The lowest BCUT2D eigenvalue weighted by atomic mass is 10.3. The molecule has 1 fully saturated rings. The summed E-state index contributed by atoms with van der Waals surface area (Å²) in [6.45, 7) is -0.194. The first-order valence-electron chi connectivity index (χ1n) is 4.75. The number of hydrogen-bond donors (Lipinski definition) is 2. The summed E-state index contributed by atoms with van der Waals surface area (Å²) in [7, 11) is -2.04. The summed E-state index contributed by atoms with van der Waals surface area (Å²) < 4.78 is 26.5. The Morgan fingerprint density at radius 2 is 1.94 bits per heavy atom. The van der Waals surface area contributed by atoms with Gasteiger partial charge in [0.25, 0.3) is 10.0 Å². The fourth-order valence-corrected chi connectivity index (χ4v) is 3.03. The van der Waals surface area contributed by atoms with E-state index in [4.69, 9.17) is 0 Å². The number of aromatic nitrogens is 2. The average molecular weight is 247 g/mol. The summed E-state index contributed by atoms with van der Waals surface area (Å²) in [5.41, 5.74) is 0. The molecule has 2 heterocycles. The molecule has 7 nitrogen and oxygen atoms in total. The van der Waals surface area contributed by atoms with Gasteiger partial charge < -0.3 is 14.8 Å². The summed E-state index contributed by atoms with van der Waals surface area (Å²) in [5.74, 6) is 0. The maximum atomic E-state index is 12.0. The van der Waals surface area contributed by atoms with Crippen molar-refractivity contribution < 1.29 is 18.6 Å². The smallest absolute Gasteiger partial charge is 0.262 e. The quantitative estimate of drug-likeness (QED) is 0.639. The molecule has 1 aliphatic rings. The van der Waals surface area contributed by atoms with Crippen LogP contribution in [-0.2, 0) is 17.1 Å². The Balaban J connectivity index is 2.27. The number of aryl methyl sites for hydroxylation is 1. The summed E-state index contributed by atoms with van der Waals surface area (Å²) in [5, 5.41) is 18.5. The molecule has 90 valence electrons. The molecular formula is C8H13N3O4S. The lowest BCUT2D eigenvalue weighted by molar-refractivity contribution is 0.0572. The van der Waals surface area contributed by atoms with Gasteiger partial charge in [0.15, 0.2) is 5.03 Å². The first-order valence-corrected chi connectivity index (χ1v) is 6.19. The van der Waals surface area contributed by atoms with Crippen LogP contribution in [0.4, 0.5) is 0 Å². The van der Waals surface area contributed by atoms with Crippen LogP contribution in [-0.4, -0.2) is 57.8 Å². The normalized spacial score (nSPS) is 27.4. The second kappa shape index (κ2) is 3.81. The van der Waals surface area contributed by atoms with Gasteiger partial charge in [0, 0.05) is 26.3 Å². The number of hydrogen-bond acceptors (Lipinski definition) is 5. The molecule has 1 aromatic rings. The van der Waals surface area contributed by atoms with Gasteiger partial charge in [0.05, 0.1) is 18.5 Å². The van der Waals surface area contributed by atoms with Crippen molar-refractivity contribution in [2.75, 3.05) is 13.1 Å². The Morgan fingerprint density at radius 3 is 2.38 bits per heavy atom. The number of nitrogens with zero attached hydrogens (tertiary/aromatic N) is 3. The number of β-amino-alcohol motifs (C(OH)–C–C–N with tert-alkyl or cyclic N) is 2.